The molecule has 5 heteroatoms. The van der Waals surface area contributed by atoms with Gasteiger partial charge >= 0.3 is 0 Å². The fourth-order valence-electron chi connectivity index (χ4n) is 4.61. The van der Waals surface area contributed by atoms with Crippen LogP contribution in [0.15, 0.2) is 54.6 Å². The Bertz CT molecular complexity index is 933. The van der Waals surface area contributed by atoms with Crippen LogP contribution in [-0.2, 0) is 17.4 Å². The van der Waals surface area contributed by atoms with Gasteiger partial charge in [0.15, 0.2) is 0 Å². The van der Waals surface area contributed by atoms with Gasteiger partial charge in [0.25, 0.3) is 0 Å². The third kappa shape index (κ3) is 6.03. The Hall–Kier alpha value is -2.08. The van der Waals surface area contributed by atoms with Crippen LogP contribution in [0.4, 0.5) is 8.78 Å². The molecular formula is C27H36F2N2O. The SMILES string of the molecule is C=C1CCCC(NC[C@@H](O)C(N)Cc2cc(F)cc(F)c2)(c2cccc(C(C)(C)C)c2)C1. The molecule has 174 valence electrons. The van der Waals surface area contributed by atoms with E-state index in [-0.39, 0.29) is 23.9 Å². The number of rotatable bonds is 7. The van der Waals surface area contributed by atoms with Crippen LogP contribution >= 0.6 is 0 Å². The molecule has 3 atom stereocenters. The van der Waals surface area contributed by atoms with Gasteiger partial charge in [0, 0.05) is 24.2 Å². The zero-order chi connectivity index (χ0) is 23.5. The van der Waals surface area contributed by atoms with Gasteiger partial charge in [-0.1, -0.05) is 57.2 Å². The molecule has 0 bridgehead atoms. The van der Waals surface area contributed by atoms with Crippen LogP contribution in [0.1, 0.15) is 63.1 Å². The van der Waals surface area contributed by atoms with Crippen molar-refractivity contribution < 1.29 is 13.9 Å². The van der Waals surface area contributed by atoms with Gasteiger partial charge in [-0.05, 0) is 66.3 Å². The van der Waals surface area contributed by atoms with Crippen molar-refractivity contribution >= 4 is 0 Å². The van der Waals surface area contributed by atoms with E-state index in [1.165, 1.54) is 28.8 Å². The molecule has 3 nitrogen and oxygen atoms in total. The van der Waals surface area contributed by atoms with E-state index in [1.807, 2.05) is 0 Å². The van der Waals surface area contributed by atoms with Crippen molar-refractivity contribution in [1.29, 1.82) is 0 Å². The lowest BCUT2D eigenvalue weighted by Crippen LogP contribution is -2.51. The highest BCUT2D eigenvalue weighted by Gasteiger charge is 2.36. The van der Waals surface area contributed by atoms with Crippen LogP contribution in [0.5, 0.6) is 0 Å². The molecule has 4 N–H and O–H groups in total. The third-order valence-electron chi connectivity index (χ3n) is 6.50. The summed E-state index contributed by atoms with van der Waals surface area (Å²) >= 11 is 0. The fraction of sp³-hybridized carbons (Fsp3) is 0.481. The molecule has 0 amide bonds. The molecule has 32 heavy (non-hydrogen) atoms. The van der Waals surface area contributed by atoms with E-state index in [1.54, 1.807) is 0 Å². The smallest absolute Gasteiger partial charge is 0.126 e. The molecule has 3 rings (SSSR count). The number of halogens is 2. The second-order valence-corrected chi connectivity index (χ2v) is 10.3. The first-order chi connectivity index (χ1) is 15.0. The Labute approximate surface area is 190 Å². The van der Waals surface area contributed by atoms with Crippen molar-refractivity contribution in [3.63, 3.8) is 0 Å². The van der Waals surface area contributed by atoms with Crippen molar-refractivity contribution in [3.05, 3.63) is 82.9 Å². The first-order valence-electron chi connectivity index (χ1n) is 11.4. The average Bonchev–Trinajstić information content (AvgIpc) is 2.70. The van der Waals surface area contributed by atoms with Gasteiger partial charge < -0.3 is 16.2 Å². The van der Waals surface area contributed by atoms with Gasteiger partial charge in [-0.2, -0.15) is 0 Å². The first kappa shape index (κ1) is 24.6. The van der Waals surface area contributed by atoms with Crippen molar-refractivity contribution in [1.82, 2.24) is 5.32 Å². The Morgan fingerprint density at radius 2 is 1.84 bits per heavy atom. The maximum Gasteiger partial charge on any atom is 0.126 e. The van der Waals surface area contributed by atoms with Crippen LogP contribution in [0.25, 0.3) is 0 Å². The summed E-state index contributed by atoms with van der Waals surface area (Å²) in [5.41, 5.74) is 10.0. The summed E-state index contributed by atoms with van der Waals surface area (Å²) in [6, 6.07) is 11.3. The summed E-state index contributed by atoms with van der Waals surface area (Å²) in [5.74, 6) is -1.28. The molecule has 1 aliphatic carbocycles. The lowest BCUT2D eigenvalue weighted by atomic mass is 9.73. The van der Waals surface area contributed by atoms with E-state index >= 15 is 0 Å². The van der Waals surface area contributed by atoms with E-state index in [4.69, 9.17) is 5.73 Å². The van der Waals surface area contributed by atoms with E-state index < -0.39 is 23.8 Å². The van der Waals surface area contributed by atoms with E-state index in [2.05, 4.69) is 56.9 Å². The lowest BCUT2D eigenvalue weighted by molar-refractivity contribution is 0.121. The zero-order valence-electron chi connectivity index (χ0n) is 19.4. The summed E-state index contributed by atoms with van der Waals surface area (Å²) in [6.07, 6.45) is 3.11. The summed E-state index contributed by atoms with van der Waals surface area (Å²) < 4.78 is 27.0. The van der Waals surface area contributed by atoms with Crippen molar-refractivity contribution in [2.75, 3.05) is 6.54 Å². The standard InChI is InChI=1S/C27H36F2N2O/c1-18-7-6-10-27(16-18,21-9-5-8-20(14-21)26(2,3)4)31-17-25(32)24(30)13-19-11-22(28)15-23(29)12-19/h5,8-9,11-12,14-15,24-25,31-32H,1,6-7,10,13,16-17,30H2,2-4H3/t24?,25-,27?/m1/s1. The van der Waals surface area contributed by atoms with Gasteiger partial charge in [0.1, 0.15) is 11.6 Å². The molecular weight excluding hydrogens is 406 g/mol. The summed E-state index contributed by atoms with van der Waals surface area (Å²) in [6.45, 7) is 11.1. The fourth-order valence-corrected chi connectivity index (χ4v) is 4.61. The Balaban J connectivity index is 1.77. The number of aliphatic hydroxyl groups excluding tert-OH is 1. The predicted molar refractivity (Wildman–Crippen MR) is 126 cm³/mol. The largest absolute Gasteiger partial charge is 0.390 e. The quantitative estimate of drug-likeness (QED) is 0.523. The maximum absolute atomic E-state index is 13.5. The molecule has 0 aromatic heterocycles. The highest BCUT2D eigenvalue weighted by atomic mass is 19.1. The molecule has 0 saturated heterocycles. The van der Waals surface area contributed by atoms with E-state index in [9.17, 15) is 13.9 Å². The molecule has 2 aromatic carbocycles. The Morgan fingerprint density at radius 1 is 1.16 bits per heavy atom. The minimum Gasteiger partial charge on any atom is -0.390 e. The van der Waals surface area contributed by atoms with Gasteiger partial charge in [-0.3, -0.25) is 0 Å². The number of nitrogens with one attached hydrogen (secondary N) is 1. The molecule has 0 spiro atoms. The van der Waals surface area contributed by atoms with Gasteiger partial charge in [-0.15, -0.1) is 0 Å². The van der Waals surface area contributed by atoms with Crippen LogP contribution in [0, 0.1) is 11.6 Å². The van der Waals surface area contributed by atoms with Crippen LogP contribution in [0.2, 0.25) is 0 Å². The Morgan fingerprint density at radius 3 is 2.47 bits per heavy atom. The third-order valence-corrected chi connectivity index (χ3v) is 6.50. The lowest BCUT2D eigenvalue weighted by Gasteiger charge is -2.41. The normalized spacial score (nSPS) is 21.4. The zero-order valence-corrected chi connectivity index (χ0v) is 19.4. The minimum absolute atomic E-state index is 0.0327. The predicted octanol–water partition coefficient (Wildman–Crippen LogP) is 5.11. The molecule has 0 aliphatic heterocycles. The average molecular weight is 443 g/mol. The van der Waals surface area contributed by atoms with Crippen LogP contribution in [-0.4, -0.2) is 23.8 Å². The highest BCUT2D eigenvalue weighted by molar-refractivity contribution is 5.35. The monoisotopic (exact) mass is 442 g/mol. The minimum atomic E-state index is -0.862. The molecule has 1 fully saturated rings. The number of hydrogen-bond acceptors (Lipinski definition) is 3. The summed E-state index contributed by atoms with van der Waals surface area (Å²) in [4.78, 5) is 0. The molecule has 0 heterocycles. The van der Waals surface area contributed by atoms with Crippen LogP contribution in [0.3, 0.4) is 0 Å². The van der Waals surface area contributed by atoms with Gasteiger partial charge in [0.05, 0.1) is 6.10 Å². The van der Waals surface area contributed by atoms with Crippen molar-refractivity contribution in [3.8, 4) is 0 Å². The van der Waals surface area contributed by atoms with Gasteiger partial charge in [-0.25, -0.2) is 8.78 Å². The molecule has 1 saturated carbocycles. The number of benzene rings is 2. The number of hydrogen-bond donors (Lipinski definition) is 3. The second kappa shape index (κ2) is 9.82. The topological polar surface area (TPSA) is 58.3 Å². The molecule has 2 aromatic rings. The summed E-state index contributed by atoms with van der Waals surface area (Å²) in [5, 5.41) is 14.4. The summed E-state index contributed by atoms with van der Waals surface area (Å²) in [7, 11) is 0. The Kier molecular flexibility index (Phi) is 7.53. The highest BCUT2D eigenvalue weighted by Crippen LogP contribution is 2.40. The van der Waals surface area contributed by atoms with Crippen molar-refractivity contribution in [2.24, 2.45) is 5.73 Å². The van der Waals surface area contributed by atoms with Gasteiger partial charge in [0.2, 0.25) is 0 Å². The van der Waals surface area contributed by atoms with Crippen LogP contribution < -0.4 is 11.1 Å². The van der Waals surface area contributed by atoms with E-state index in [0.29, 0.717) is 5.56 Å². The molecule has 2 unspecified atom stereocenters. The van der Waals surface area contributed by atoms with E-state index in [0.717, 1.165) is 31.7 Å². The number of nitrogens with two attached hydrogens (primary N) is 1. The molecule has 0 radical (unpaired) electrons. The second-order valence-electron chi connectivity index (χ2n) is 10.3. The van der Waals surface area contributed by atoms with Crippen molar-refractivity contribution in [2.45, 2.75) is 76.0 Å². The first-order valence-corrected chi connectivity index (χ1v) is 11.4. The maximum atomic E-state index is 13.5. The molecule has 1 aliphatic rings. The number of aliphatic hydroxyl groups is 1.